The van der Waals surface area contributed by atoms with E-state index in [1.807, 2.05) is 0 Å². The van der Waals surface area contributed by atoms with Gasteiger partial charge >= 0.3 is 0 Å². The van der Waals surface area contributed by atoms with Gasteiger partial charge in [0.1, 0.15) is 5.69 Å². The summed E-state index contributed by atoms with van der Waals surface area (Å²) in [4.78, 5) is 35.4. The van der Waals surface area contributed by atoms with Gasteiger partial charge in [-0.3, -0.25) is 19.7 Å². The number of benzene rings is 2. The van der Waals surface area contributed by atoms with Crippen molar-refractivity contribution in [1.29, 1.82) is 0 Å². The molecule has 2 amide bonds. The van der Waals surface area contributed by atoms with E-state index in [0.29, 0.717) is 16.1 Å². The number of amides is 2. The molecule has 0 spiro atoms. The Bertz CT molecular complexity index is 1270. The summed E-state index contributed by atoms with van der Waals surface area (Å²) >= 11 is 1.33. The van der Waals surface area contributed by atoms with Crippen LogP contribution in [0.4, 0.5) is 17.1 Å². The highest BCUT2D eigenvalue weighted by atomic mass is 32.2. The normalized spacial score (nSPS) is 10.9. The first kappa shape index (κ1) is 23.9. The standard InChI is InChI=1S/C21H20N4O6S2/c1-33(30,31)16-8-9-17(18(13-16)25(28)29)22-10-11-23-20(26)14-4-6-15(7-5-14)24-21(27)19-3-2-12-32-19/h2-9,12-13,22H,10-11H2,1H3,(H,23,26)(H,24,27). The Balaban J connectivity index is 1.52. The number of thiophene rings is 1. The fraction of sp³-hybridized carbons (Fsp3) is 0.143. The molecule has 0 saturated heterocycles. The highest BCUT2D eigenvalue weighted by Crippen LogP contribution is 2.27. The third-order valence-electron chi connectivity index (χ3n) is 4.47. The van der Waals surface area contributed by atoms with Crippen LogP contribution in [0, 0.1) is 10.1 Å². The van der Waals surface area contributed by atoms with Gasteiger partial charge in [-0.2, -0.15) is 0 Å². The summed E-state index contributed by atoms with van der Waals surface area (Å²) in [6.07, 6.45) is 0.971. The Morgan fingerprint density at radius 1 is 1.03 bits per heavy atom. The monoisotopic (exact) mass is 488 g/mol. The molecule has 0 radical (unpaired) electrons. The van der Waals surface area contributed by atoms with Crippen molar-refractivity contribution < 1.29 is 22.9 Å². The molecule has 0 aliphatic rings. The molecule has 3 rings (SSSR count). The van der Waals surface area contributed by atoms with Crippen molar-refractivity contribution in [2.24, 2.45) is 0 Å². The molecule has 2 aromatic carbocycles. The van der Waals surface area contributed by atoms with E-state index in [2.05, 4.69) is 16.0 Å². The maximum absolute atomic E-state index is 12.3. The van der Waals surface area contributed by atoms with Crippen molar-refractivity contribution >= 4 is 50.1 Å². The van der Waals surface area contributed by atoms with Gasteiger partial charge < -0.3 is 16.0 Å². The van der Waals surface area contributed by atoms with E-state index in [9.17, 15) is 28.1 Å². The second-order valence-corrected chi connectivity index (χ2v) is 9.86. The molecule has 0 bridgehead atoms. The molecule has 0 aliphatic heterocycles. The van der Waals surface area contributed by atoms with E-state index < -0.39 is 14.8 Å². The van der Waals surface area contributed by atoms with Gasteiger partial charge in [0.15, 0.2) is 9.84 Å². The van der Waals surface area contributed by atoms with Crippen molar-refractivity contribution in [3.63, 3.8) is 0 Å². The minimum atomic E-state index is -3.58. The molecular weight excluding hydrogens is 468 g/mol. The predicted octanol–water partition coefficient (Wildman–Crippen LogP) is 3.15. The van der Waals surface area contributed by atoms with Crippen LogP contribution in [0.2, 0.25) is 0 Å². The van der Waals surface area contributed by atoms with E-state index in [1.165, 1.54) is 23.5 Å². The quantitative estimate of drug-likeness (QED) is 0.238. The largest absolute Gasteiger partial charge is 0.378 e. The zero-order valence-electron chi connectivity index (χ0n) is 17.4. The first-order valence-corrected chi connectivity index (χ1v) is 12.4. The predicted molar refractivity (Wildman–Crippen MR) is 126 cm³/mol. The fourth-order valence-corrected chi connectivity index (χ4v) is 4.08. The molecule has 12 heteroatoms. The molecule has 3 N–H and O–H groups in total. The summed E-state index contributed by atoms with van der Waals surface area (Å²) in [5.74, 6) is -0.582. The highest BCUT2D eigenvalue weighted by molar-refractivity contribution is 7.90. The number of rotatable bonds is 9. The lowest BCUT2D eigenvalue weighted by Crippen LogP contribution is -2.28. The lowest BCUT2D eigenvalue weighted by atomic mass is 10.2. The molecule has 0 fully saturated rings. The number of sulfone groups is 1. The average molecular weight is 489 g/mol. The minimum absolute atomic E-state index is 0.146. The molecule has 1 aromatic heterocycles. The number of carbonyl (C=O) groups is 2. The Labute approximate surface area is 193 Å². The van der Waals surface area contributed by atoms with Crippen molar-refractivity contribution in [2.75, 3.05) is 30.0 Å². The first-order valence-electron chi connectivity index (χ1n) is 9.60. The lowest BCUT2D eigenvalue weighted by molar-refractivity contribution is -0.384. The highest BCUT2D eigenvalue weighted by Gasteiger charge is 2.18. The van der Waals surface area contributed by atoms with E-state index in [0.717, 1.165) is 12.3 Å². The Morgan fingerprint density at radius 3 is 2.36 bits per heavy atom. The molecule has 0 unspecified atom stereocenters. The topological polar surface area (TPSA) is 148 Å². The Hall–Kier alpha value is -3.77. The second-order valence-electron chi connectivity index (χ2n) is 6.90. The summed E-state index contributed by atoms with van der Waals surface area (Å²) in [6, 6.07) is 13.5. The first-order chi connectivity index (χ1) is 15.6. The van der Waals surface area contributed by atoms with E-state index in [4.69, 9.17) is 0 Å². The molecule has 172 valence electrons. The number of nitrogens with one attached hydrogen (secondary N) is 3. The number of hydrogen-bond donors (Lipinski definition) is 3. The van der Waals surface area contributed by atoms with Gasteiger partial charge in [0, 0.05) is 36.7 Å². The van der Waals surface area contributed by atoms with Crippen LogP contribution in [0.1, 0.15) is 20.0 Å². The van der Waals surface area contributed by atoms with Gasteiger partial charge in [-0.05, 0) is 47.8 Å². The Kier molecular flexibility index (Phi) is 7.41. The second kappa shape index (κ2) is 10.2. The molecule has 1 heterocycles. The summed E-state index contributed by atoms with van der Waals surface area (Å²) in [5.41, 5.74) is 0.709. The molecular formula is C21H20N4O6S2. The molecule has 3 aromatic rings. The molecule has 0 saturated carbocycles. The summed E-state index contributed by atoms with van der Waals surface area (Å²) < 4.78 is 23.2. The van der Waals surface area contributed by atoms with Crippen LogP contribution in [0.3, 0.4) is 0 Å². The lowest BCUT2D eigenvalue weighted by Gasteiger charge is -2.10. The summed E-state index contributed by atoms with van der Waals surface area (Å²) in [6.45, 7) is 0.348. The number of carbonyl (C=O) groups excluding carboxylic acids is 2. The number of nitro groups is 1. The average Bonchev–Trinajstić information content (AvgIpc) is 3.31. The molecule has 0 aliphatic carbocycles. The van der Waals surface area contributed by atoms with Crippen LogP contribution < -0.4 is 16.0 Å². The molecule has 0 atom stereocenters. The number of hydrogen-bond acceptors (Lipinski definition) is 8. The Morgan fingerprint density at radius 2 is 1.76 bits per heavy atom. The number of nitro benzene ring substituents is 1. The zero-order valence-corrected chi connectivity index (χ0v) is 19.0. The van der Waals surface area contributed by atoms with E-state index in [1.54, 1.807) is 41.8 Å². The molecule has 10 nitrogen and oxygen atoms in total. The summed E-state index contributed by atoms with van der Waals surface area (Å²) in [7, 11) is -3.58. The van der Waals surface area contributed by atoms with Gasteiger partial charge in [-0.25, -0.2) is 8.42 Å². The van der Waals surface area contributed by atoms with Crippen LogP contribution in [-0.2, 0) is 9.84 Å². The number of anilines is 2. The van der Waals surface area contributed by atoms with Crippen molar-refractivity contribution in [3.05, 3.63) is 80.5 Å². The number of nitrogens with zero attached hydrogens (tertiary/aromatic N) is 1. The van der Waals surface area contributed by atoms with Gasteiger partial charge in [-0.15, -0.1) is 11.3 Å². The minimum Gasteiger partial charge on any atom is -0.378 e. The third kappa shape index (κ3) is 6.37. The van der Waals surface area contributed by atoms with E-state index in [-0.39, 0.29) is 41.2 Å². The summed E-state index contributed by atoms with van der Waals surface area (Å²) in [5, 5.41) is 21.3. The van der Waals surface area contributed by atoms with Crippen molar-refractivity contribution in [2.45, 2.75) is 4.90 Å². The van der Waals surface area contributed by atoms with Gasteiger partial charge in [0.2, 0.25) is 0 Å². The zero-order chi connectivity index (χ0) is 24.0. The van der Waals surface area contributed by atoms with Crippen LogP contribution in [0.25, 0.3) is 0 Å². The smallest absolute Gasteiger partial charge is 0.293 e. The third-order valence-corrected chi connectivity index (χ3v) is 6.45. The van der Waals surface area contributed by atoms with Crippen LogP contribution >= 0.6 is 11.3 Å². The maximum atomic E-state index is 12.3. The molecule has 33 heavy (non-hydrogen) atoms. The SMILES string of the molecule is CS(=O)(=O)c1ccc(NCCNC(=O)c2ccc(NC(=O)c3cccs3)cc2)c([N+](=O)[O-])c1. The fourth-order valence-electron chi connectivity index (χ4n) is 2.82. The van der Waals surface area contributed by atoms with Crippen molar-refractivity contribution in [1.82, 2.24) is 5.32 Å². The van der Waals surface area contributed by atoms with Gasteiger partial charge in [-0.1, -0.05) is 6.07 Å². The van der Waals surface area contributed by atoms with Crippen LogP contribution in [0.5, 0.6) is 0 Å². The van der Waals surface area contributed by atoms with Gasteiger partial charge in [0.05, 0.1) is 14.7 Å². The maximum Gasteiger partial charge on any atom is 0.293 e. The van der Waals surface area contributed by atoms with Crippen molar-refractivity contribution in [3.8, 4) is 0 Å². The van der Waals surface area contributed by atoms with Crippen LogP contribution in [-0.4, -0.2) is 44.5 Å². The van der Waals surface area contributed by atoms with E-state index >= 15 is 0 Å². The van der Waals surface area contributed by atoms with Crippen LogP contribution in [0.15, 0.2) is 64.9 Å². The van der Waals surface area contributed by atoms with Gasteiger partial charge in [0.25, 0.3) is 17.5 Å².